The average molecular weight is 559 g/mol. The molecule has 38 heavy (non-hydrogen) atoms. The van der Waals surface area contributed by atoms with Gasteiger partial charge in [0.2, 0.25) is 17.7 Å². The number of nitrogens with two attached hydrogens (primary N) is 1. The number of nitrogens with one attached hydrogen (secondary N) is 1. The van der Waals surface area contributed by atoms with Crippen LogP contribution in [0, 0.1) is 0 Å². The number of carbonyl (C=O) groups excluding carboxylic acids is 3. The van der Waals surface area contributed by atoms with Crippen LogP contribution in [0.25, 0.3) is 10.1 Å². The molecule has 206 valence electrons. The minimum atomic E-state index is -0.790. The van der Waals surface area contributed by atoms with Crippen LogP contribution in [0.3, 0.4) is 0 Å². The highest BCUT2D eigenvalue weighted by Crippen LogP contribution is 2.28. The van der Waals surface area contributed by atoms with Crippen molar-refractivity contribution in [3.63, 3.8) is 0 Å². The SMILES string of the molecule is CNC(=O)[C@@H](Cc1cccs1)N(C)C(=O)[C@@H](Cc1csc2ccccc12)N(C)C(=O)COCCCCCN. The summed E-state index contributed by atoms with van der Waals surface area (Å²) in [6, 6.07) is 10.4. The number of fused-ring (bicyclic) bond motifs is 1. The van der Waals surface area contributed by atoms with Gasteiger partial charge in [0, 0.05) is 50.2 Å². The molecule has 2 aromatic heterocycles. The predicted octanol–water partition coefficient (Wildman–Crippen LogP) is 3.29. The minimum absolute atomic E-state index is 0.106. The van der Waals surface area contributed by atoms with E-state index in [-0.39, 0.29) is 24.3 Å². The molecular weight excluding hydrogens is 520 g/mol. The van der Waals surface area contributed by atoms with Crippen molar-refractivity contribution in [2.45, 2.75) is 44.2 Å². The topological polar surface area (TPSA) is 105 Å². The van der Waals surface area contributed by atoms with Gasteiger partial charge in [0.15, 0.2) is 0 Å². The van der Waals surface area contributed by atoms with E-state index in [0.717, 1.165) is 39.8 Å². The second kappa shape index (κ2) is 15.0. The van der Waals surface area contributed by atoms with Gasteiger partial charge in [-0.3, -0.25) is 14.4 Å². The fourth-order valence-corrected chi connectivity index (χ4v) is 6.05. The van der Waals surface area contributed by atoms with E-state index >= 15 is 0 Å². The molecule has 3 N–H and O–H groups in total. The Labute approximate surface area is 232 Å². The van der Waals surface area contributed by atoms with Crippen LogP contribution in [0.4, 0.5) is 0 Å². The molecule has 0 spiro atoms. The van der Waals surface area contributed by atoms with E-state index < -0.39 is 12.1 Å². The Balaban J connectivity index is 1.81. The predicted molar refractivity (Wildman–Crippen MR) is 154 cm³/mol. The van der Waals surface area contributed by atoms with E-state index in [1.54, 1.807) is 43.8 Å². The molecular formula is C28H38N4O4S2. The monoisotopic (exact) mass is 558 g/mol. The minimum Gasteiger partial charge on any atom is -0.372 e. The van der Waals surface area contributed by atoms with Gasteiger partial charge in [-0.05, 0) is 59.6 Å². The van der Waals surface area contributed by atoms with E-state index in [9.17, 15) is 14.4 Å². The molecule has 3 rings (SSSR count). The number of benzene rings is 1. The van der Waals surface area contributed by atoms with Crippen molar-refractivity contribution in [2.75, 3.05) is 40.9 Å². The largest absolute Gasteiger partial charge is 0.372 e. The molecule has 0 aliphatic carbocycles. The number of unbranched alkanes of at least 4 members (excludes halogenated alkanes) is 2. The number of ether oxygens (including phenoxy) is 1. The lowest BCUT2D eigenvalue weighted by Crippen LogP contribution is -2.56. The van der Waals surface area contributed by atoms with Crippen molar-refractivity contribution in [2.24, 2.45) is 5.73 Å². The molecule has 0 saturated carbocycles. The lowest BCUT2D eigenvalue weighted by atomic mass is 10.0. The van der Waals surface area contributed by atoms with Gasteiger partial charge in [-0.15, -0.1) is 22.7 Å². The van der Waals surface area contributed by atoms with Crippen molar-refractivity contribution >= 4 is 50.5 Å². The highest BCUT2D eigenvalue weighted by molar-refractivity contribution is 7.17. The van der Waals surface area contributed by atoms with Crippen LogP contribution >= 0.6 is 22.7 Å². The van der Waals surface area contributed by atoms with Crippen LogP contribution in [0.1, 0.15) is 29.7 Å². The molecule has 0 fully saturated rings. The average Bonchev–Trinajstić information content (AvgIpc) is 3.60. The van der Waals surface area contributed by atoms with Gasteiger partial charge in [-0.25, -0.2) is 0 Å². The van der Waals surface area contributed by atoms with Crippen LogP contribution < -0.4 is 11.1 Å². The van der Waals surface area contributed by atoms with Crippen molar-refractivity contribution in [3.05, 3.63) is 57.6 Å². The summed E-state index contributed by atoms with van der Waals surface area (Å²) in [6.45, 7) is 0.998. The number of hydrogen-bond donors (Lipinski definition) is 2. The summed E-state index contributed by atoms with van der Waals surface area (Å²) in [5.74, 6) is -0.808. The van der Waals surface area contributed by atoms with Crippen molar-refractivity contribution in [1.82, 2.24) is 15.1 Å². The van der Waals surface area contributed by atoms with Crippen LogP contribution in [0.15, 0.2) is 47.2 Å². The number of hydrogen-bond acceptors (Lipinski definition) is 7. The molecule has 3 aromatic rings. The zero-order valence-electron chi connectivity index (χ0n) is 22.4. The maximum absolute atomic E-state index is 14.0. The van der Waals surface area contributed by atoms with Crippen LogP contribution in [0.2, 0.25) is 0 Å². The zero-order valence-corrected chi connectivity index (χ0v) is 24.0. The first-order valence-electron chi connectivity index (χ1n) is 12.9. The van der Waals surface area contributed by atoms with Gasteiger partial charge in [0.25, 0.3) is 0 Å². The lowest BCUT2D eigenvalue weighted by Gasteiger charge is -2.34. The number of nitrogens with zero attached hydrogens (tertiary/aromatic N) is 2. The maximum Gasteiger partial charge on any atom is 0.248 e. The van der Waals surface area contributed by atoms with Crippen molar-refractivity contribution in [1.29, 1.82) is 0 Å². The van der Waals surface area contributed by atoms with E-state index in [4.69, 9.17) is 10.5 Å². The molecule has 0 radical (unpaired) electrons. The molecule has 1 aromatic carbocycles. The first kappa shape index (κ1) is 29.8. The highest BCUT2D eigenvalue weighted by Gasteiger charge is 2.35. The maximum atomic E-state index is 14.0. The molecule has 10 heteroatoms. The second-order valence-electron chi connectivity index (χ2n) is 9.25. The third-order valence-electron chi connectivity index (χ3n) is 6.68. The number of likely N-dealkylation sites (N-methyl/N-ethyl adjacent to an activating group) is 3. The number of carbonyl (C=O) groups is 3. The fraction of sp³-hybridized carbons (Fsp3) is 0.464. The Morgan fingerprint density at radius 2 is 1.76 bits per heavy atom. The summed E-state index contributed by atoms with van der Waals surface area (Å²) in [7, 11) is 4.84. The van der Waals surface area contributed by atoms with E-state index in [2.05, 4.69) is 5.32 Å². The summed E-state index contributed by atoms with van der Waals surface area (Å²) in [5, 5.41) is 7.74. The molecule has 0 saturated heterocycles. The normalized spacial score (nSPS) is 12.7. The first-order valence-corrected chi connectivity index (χ1v) is 14.6. The zero-order chi connectivity index (χ0) is 27.5. The third-order valence-corrected chi connectivity index (χ3v) is 8.59. The molecule has 2 heterocycles. The van der Waals surface area contributed by atoms with Gasteiger partial charge in [0.1, 0.15) is 18.7 Å². The quantitative estimate of drug-likeness (QED) is 0.279. The Morgan fingerprint density at radius 1 is 0.974 bits per heavy atom. The molecule has 8 nitrogen and oxygen atoms in total. The summed E-state index contributed by atoms with van der Waals surface area (Å²) in [5.41, 5.74) is 6.53. The van der Waals surface area contributed by atoms with Gasteiger partial charge >= 0.3 is 0 Å². The summed E-state index contributed by atoms with van der Waals surface area (Å²) < 4.78 is 6.74. The number of rotatable bonds is 15. The Kier molecular flexibility index (Phi) is 11.7. The van der Waals surface area contributed by atoms with Crippen LogP contribution in [-0.2, 0) is 32.0 Å². The smallest absolute Gasteiger partial charge is 0.248 e. The third kappa shape index (κ3) is 7.86. The van der Waals surface area contributed by atoms with Crippen LogP contribution in [0.5, 0.6) is 0 Å². The van der Waals surface area contributed by atoms with Crippen LogP contribution in [-0.4, -0.2) is 80.5 Å². The molecule has 0 aliphatic heterocycles. The fourth-order valence-electron chi connectivity index (χ4n) is 4.33. The Bertz CT molecular complexity index is 1180. The summed E-state index contributed by atoms with van der Waals surface area (Å²) >= 11 is 3.16. The van der Waals surface area contributed by atoms with Crippen molar-refractivity contribution in [3.8, 4) is 0 Å². The lowest BCUT2D eigenvalue weighted by molar-refractivity contribution is -0.149. The molecule has 0 unspecified atom stereocenters. The number of amides is 3. The van der Waals surface area contributed by atoms with Gasteiger partial charge in [-0.1, -0.05) is 24.3 Å². The first-order chi connectivity index (χ1) is 18.4. The second-order valence-corrected chi connectivity index (χ2v) is 11.2. The summed E-state index contributed by atoms with van der Waals surface area (Å²) in [4.78, 5) is 43.9. The van der Waals surface area contributed by atoms with E-state index in [1.807, 2.05) is 47.2 Å². The van der Waals surface area contributed by atoms with Gasteiger partial charge in [-0.2, -0.15) is 0 Å². The van der Waals surface area contributed by atoms with Crippen molar-refractivity contribution < 1.29 is 19.1 Å². The Morgan fingerprint density at radius 3 is 2.47 bits per heavy atom. The Hall–Kier alpha value is -2.79. The van der Waals surface area contributed by atoms with E-state index in [1.165, 1.54) is 9.80 Å². The van der Waals surface area contributed by atoms with E-state index in [0.29, 0.717) is 26.0 Å². The molecule has 3 amide bonds. The van der Waals surface area contributed by atoms with Gasteiger partial charge < -0.3 is 25.6 Å². The number of thiophene rings is 2. The standard InChI is InChI=1S/C28H38N4O4S2/c1-30-27(34)23(17-21-10-9-15-37-21)32(3)28(35)24(16-20-19-38-25-12-6-5-11-22(20)25)31(2)26(33)18-36-14-8-4-7-13-29/h5-6,9-12,15,19,23-24H,4,7-8,13-14,16-18,29H2,1-3H3,(H,30,34)/t23-,24-/m1/s1. The summed E-state index contributed by atoms with van der Waals surface area (Å²) in [6.07, 6.45) is 3.44. The molecule has 0 aliphatic rings. The van der Waals surface area contributed by atoms with Gasteiger partial charge in [0.05, 0.1) is 0 Å². The highest BCUT2D eigenvalue weighted by atomic mass is 32.1. The molecule has 2 atom stereocenters. The molecule has 0 bridgehead atoms.